The van der Waals surface area contributed by atoms with Gasteiger partial charge >= 0.3 is 12.7 Å². The van der Waals surface area contributed by atoms with Crippen LogP contribution in [0.15, 0.2) is 122 Å². The number of alkyl halides is 6. The van der Waals surface area contributed by atoms with Crippen molar-refractivity contribution in [3.05, 3.63) is 144 Å². The lowest BCUT2D eigenvalue weighted by Gasteiger charge is -2.19. The second-order valence-electron chi connectivity index (χ2n) is 19.0. The molecule has 0 saturated heterocycles. The third-order valence-electron chi connectivity index (χ3n) is 13.0. The zero-order valence-corrected chi connectivity index (χ0v) is 43.2. The topological polar surface area (TPSA) is 267 Å². The highest BCUT2D eigenvalue weighted by molar-refractivity contribution is 6.64. The lowest BCUT2D eigenvalue weighted by Crippen LogP contribution is -2.28. The molecule has 7 N–H and O–H groups in total. The van der Waals surface area contributed by atoms with Crippen LogP contribution in [0.25, 0.3) is 55.4 Å². The van der Waals surface area contributed by atoms with Crippen LogP contribution in [0.2, 0.25) is 0 Å². The van der Waals surface area contributed by atoms with Crippen molar-refractivity contribution in [3.63, 3.8) is 0 Å². The van der Waals surface area contributed by atoms with Gasteiger partial charge in [0.2, 0.25) is 23.0 Å². The van der Waals surface area contributed by atoms with Crippen molar-refractivity contribution < 1.29 is 55.0 Å². The number of benzene rings is 4. The van der Waals surface area contributed by atoms with Crippen molar-refractivity contribution in [1.29, 1.82) is 0 Å². The fourth-order valence-electron chi connectivity index (χ4n) is 8.71. The van der Waals surface area contributed by atoms with Gasteiger partial charge in [0.15, 0.2) is 11.3 Å². The summed E-state index contributed by atoms with van der Waals surface area (Å²) in [4.78, 5) is 57.1. The number of H-pyrrole nitrogens is 2. The largest absolute Gasteiger partial charge is 0.573 e. The minimum atomic E-state index is -4.87. The number of anilines is 2. The predicted octanol–water partition coefficient (Wildman–Crippen LogP) is 10.4. The summed E-state index contributed by atoms with van der Waals surface area (Å²) in [6.45, 7) is 3.15. The first kappa shape index (κ1) is 54.8. The third kappa shape index (κ3) is 13.1. The molecule has 3 amide bonds. The number of nitrogens with zero attached hydrogens (tertiary/aromatic N) is 8. The number of amides is 3. The van der Waals surface area contributed by atoms with Crippen molar-refractivity contribution in [3.8, 4) is 33.8 Å². The predicted molar refractivity (Wildman–Crippen MR) is 284 cm³/mol. The Morgan fingerprint density at radius 1 is 0.642 bits per heavy atom. The van der Waals surface area contributed by atoms with E-state index in [9.17, 15) is 45.5 Å². The molecular formula is C54H45ClF6N14O6. The van der Waals surface area contributed by atoms with Crippen LogP contribution in [0.3, 0.4) is 0 Å². The van der Waals surface area contributed by atoms with Crippen LogP contribution in [0, 0.1) is 11.8 Å². The number of aromatic nitrogens is 10. The SMILES string of the molecule is CC(NC(=O)c1cc(-c2ccn3nc(N)nc3c2)c2cn[nH]c2c1)c1ccccc1OC(F)(F)F.CC(NC(=O)c1cc(-c2ccn3nc(NC(=O)C4CC4)nc3c2)c2cn[nH]c2c1)c1ccccc1OC(F)(F)F.O=C(Cl)C1CC1. The van der Waals surface area contributed by atoms with E-state index < -0.39 is 36.6 Å². The molecule has 416 valence electrons. The monoisotopic (exact) mass is 1130 g/mol. The molecule has 0 bridgehead atoms. The van der Waals surface area contributed by atoms with Crippen LogP contribution in [-0.2, 0) is 9.59 Å². The van der Waals surface area contributed by atoms with Gasteiger partial charge in [0.1, 0.15) is 11.5 Å². The number of rotatable bonds is 13. The quantitative estimate of drug-likeness (QED) is 0.0464. The number of pyridine rings is 2. The van der Waals surface area contributed by atoms with E-state index in [-0.39, 0.29) is 63.1 Å². The van der Waals surface area contributed by atoms with Crippen molar-refractivity contribution in [1.82, 2.24) is 60.2 Å². The molecule has 2 unspecified atom stereocenters. The van der Waals surface area contributed by atoms with Gasteiger partial charge in [-0.1, -0.05) is 36.4 Å². The first-order chi connectivity index (χ1) is 38.6. The maximum atomic E-state index is 13.3. The van der Waals surface area contributed by atoms with Gasteiger partial charge in [-0.25, -0.2) is 9.03 Å². The van der Waals surface area contributed by atoms with Crippen LogP contribution in [0.5, 0.6) is 11.5 Å². The first-order valence-corrected chi connectivity index (χ1v) is 25.3. The average Bonchev–Trinajstić information content (AvgIpc) is 4.47. The summed E-state index contributed by atoms with van der Waals surface area (Å²) in [6.07, 6.45) is 0.712. The lowest BCUT2D eigenvalue weighted by atomic mass is 9.99. The number of nitrogen functional groups attached to an aromatic ring is 1. The highest BCUT2D eigenvalue weighted by atomic mass is 35.5. The molecule has 2 aliphatic rings. The Morgan fingerprint density at radius 3 is 1.54 bits per heavy atom. The molecule has 0 aliphatic heterocycles. The molecule has 4 aromatic carbocycles. The van der Waals surface area contributed by atoms with Crippen LogP contribution in [0.1, 0.15) is 83.5 Å². The average molecular weight is 1140 g/mol. The smallest absolute Gasteiger partial charge is 0.405 e. The highest BCUT2D eigenvalue weighted by Crippen LogP contribution is 2.36. The maximum absolute atomic E-state index is 13.3. The Balaban J connectivity index is 0.000000166. The van der Waals surface area contributed by atoms with Gasteiger partial charge in [0, 0.05) is 57.3 Å². The Hall–Kier alpha value is -9.59. The van der Waals surface area contributed by atoms with E-state index in [2.05, 4.69) is 66.0 Å². The molecule has 10 aromatic rings. The number of carbonyl (C=O) groups is 4. The molecule has 6 aromatic heterocycles. The summed E-state index contributed by atoms with van der Waals surface area (Å²) in [6, 6.07) is 23.5. The van der Waals surface area contributed by atoms with Gasteiger partial charge in [-0.05, 0) is 134 Å². The number of nitrogens with two attached hydrogens (primary N) is 1. The number of carbonyl (C=O) groups excluding carboxylic acids is 4. The van der Waals surface area contributed by atoms with E-state index in [0.717, 1.165) is 47.6 Å². The fraction of sp³-hybridized carbons (Fsp3) is 0.222. The van der Waals surface area contributed by atoms with E-state index in [1.807, 2.05) is 0 Å². The first-order valence-electron chi connectivity index (χ1n) is 24.9. The number of hydrogen-bond donors (Lipinski definition) is 6. The van der Waals surface area contributed by atoms with Crippen molar-refractivity contribution in [2.45, 2.75) is 64.3 Å². The van der Waals surface area contributed by atoms with Gasteiger partial charge in [0.05, 0.1) is 35.5 Å². The second-order valence-corrected chi connectivity index (χ2v) is 19.3. The zero-order chi connectivity index (χ0) is 57.3. The van der Waals surface area contributed by atoms with Crippen LogP contribution in [0.4, 0.5) is 38.2 Å². The van der Waals surface area contributed by atoms with Crippen LogP contribution >= 0.6 is 11.6 Å². The number of ether oxygens (including phenoxy) is 2. The Labute approximate surface area is 458 Å². The molecule has 2 fully saturated rings. The second kappa shape index (κ2) is 22.3. The molecule has 2 saturated carbocycles. The third-order valence-corrected chi connectivity index (χ3v) is 13.3. The van der Waals surface area contributed by atoms with Gasteiger partial charge in [0.25, 0.3) is 11.8 Å². The molecule has 12 rings (SSSR count). The molecular weight excluding hydrogens is 1090 g/mol. The number of nitrogens with one attached hydrogen (secondary N) is 5. The number of para-hydroxylation sites is 2. The number of fused-ring (bicyclic) bond motifs is 4. The van der Waals surface area contributed by atoms with E-state index in [1.165, 1.54) is 45.4 Å². The summed E-state index contributed by atoms with van der Waals surface area (Å²) in [5.74, 6) is -1.26. The molecule has 81 heavy (non-hydrogen) atoms. The number of hydrogen-bond acceptors (Lipinski definition) is 13. The van der Waals surface area contributed by atoms with E-state index in [0.29, 0.717) is 39.0 Å². The lowest BCUT2D eigenvalue weighted by molar-refractivity contribution is -0.276. The molecule has 27 heteroatoms. The Morgan fingerprint density at radius 2 is 1.10 bits per heavy atom. The van der Waals surface area contributed by atoms with E-state index >= 15 is 0 Å². The van der Waals surface area contributed by atoms with E-state index in [4.69, 9.17) is 17.3 Å². The fourth-order valence-corrected chi connectivity index (χ4v) is 8.92. The maximum Gasteiger partial charge on any atom is 0.573 e. The van der Waals surface area contributed by atoms with Crippen LogP contribution < -0.4 is 31.2 Å². The Kier molecular flexibility index (Phi) is 15.1. The number of aromatic amines is 2. The van der Waals surface area contributed by atoms with Crippen molar-refractivity contribution in [2.75, 3.05) is 11.1 Å². The van der Waals surface area contributed by atoms with Crippen LogP contribution in [-0.4, -0.2) is 85.3 Å². The Bertz CT molecular complexity index is 4020. The van der Waals surface area contributed by atoms with Crippen molar-refractivity contribution in [2.24, 2.45) is 11.8 Å². The molecule has 6 heterocycles. The highest BCUT2D eigenvalue weighted by Gasteiger charge is 2.35. The zero-order valence-electron chi connectivity index (χ0n) is 42.4. The standard InChI is InChI=1S/C27H22F3N7O3.C23H18F3N7O2.C4H5ClO/c1-14(18-4-2-3-5-22(18)40-27(28,29)30)32-25(39)17-10-19(20-13-31-35-21(20)11-17)16-8-9-37-23(12-16)33-26(36-37)34-24(38)15-6-7-15;1-12(15-4-2-3-5-19(15)35-23(24,25)26)29-21(34)14-8-16(17-11-28-31-18(17)9-14)13-6-7-33-20(10-13)30-22(27)32-33;5-4(6)3-1-2-3/h2-5,8-15H,6-7H2,1H3,(H,31,35)(H,32,39)(H,34,36,38);2-12H,1H3,(H2,27,32)(H,28,31)(H,29,34);3H,1-2H2. The van der Waals surface area contributed by atoms with Gasteiger partial charge in [-0.3, -0.25) is 34.7 Å². The van der Waals surface area contributed by atoms with Gasteiger partial charge < -0.3 is 25.8 Å². The van der Waals surface area contributed by atoms with Crippen molar-refractivity contribution >= 4 is 79.6 Å². The molecule has 0 radical (unpaired) electrons. The molecule has 2 aliphatic carbocycles. The normalized spacial score (nSPS) is 14.1. The molecule has 0 spiro atoms. The summed E-state index contributed by atoms with van der Waals surface area (Å²) in [7, 11) is 0. The molecule has 2 atom stereocenters. The summed E-state index contributed by atoms with van der Waals surface area (Å²) < 4.78 is 88.4. The van der Waals surface area contributed by atoms with Gasteiger partial charge in [-0.15, -0.1) is 36.5 Å². The minimum Gasteiger partial charge on any atom is -0.405 e. The number of halogens is 7. The molecule has 20 nitrogen and oxygen atoms in total. The summed E-state index contributed by atoms with van der Waals surface area (Å²) >= 11 is 5.04. The summed E-state index contributed by atoms with van der Waals surface area (Å²) in [5, 5.41) is 31.8. The summed E-state index contributed by atoms with van der Waals surface area (Å²) in [5.41, 5.74) is 11.7. The minimum absolute atomic E-state index is 0.0128. The van der Waals surface area contributed by atoms with Gasteiger partial charge in [-0.2, -0.15) is 20.2 Å². The van der Waals surface area contributed by atoms with E-state index in [1.54, 1.807) is 99.3 Å².